The van der Waals surface area contributed by atoms with Crippen LogP contribution in [0, 0.1) is 11.3 Å². The van der Waals surface area contributed by atoms with Gasteiger partial charge in [0.2, 0.25) is 0 Å². The van der Waals surface area contributed by atoms with E-state index in [-0.39, 0.29) is 11.0 Å². The van der Waals surface area contributed by atoms with Crippen molar-refractivity contribution in [1.29, 1.82) is 5.26 Å². The molecule has 2 aromatic rings. The first-order valence-corrected chi connectivity index (χ1v) is 9.87. The SMILES string of the molecule is CC(C)(C)c1ccc(=O)n(CCN2CCN(Cc3ccc(C#N)cc3)CC2)n1. The summed E-state index contributed by atoms with van der Waals surface area (Å²) >= 11 is 0. The van der Waals surface area contributed by atoms with E-state index in [0.29, 0.717) is 12.1 Å². The predicted molar refractivity (Wildman–Crippen MR) is 110 cm³/mol. The lowest BCUT2D eigenvalue weighted by Crippen LogP contribution is -2.47. The van der Waals surface area contributed by atoms with Gasteiger partial charge in [0.05, 0.1) is 23.9 Å². The van der Waals surface area contributed by atoms with E-state index in [1.54, 1.807) is 10.7 Å². The Balaban J connectivity index is 1.49. The second kappa shape index (κ2) is 8.68. The molecule has 1 aromatic carbocycles. The highest BCUT2D eigenvalue weighted by molar-refractivity contribution is 5.31. The van der Waals surface area contributed by atoms with Crippen molar-refractivity contribution >= 4 is 0 Å². The lowest BCUT2D eigenvalue weighted by atomic mass is 9.92. The summed E-state index contributed by atoms with van der Waals surface area (Å²) in [6.07, 6.45) is 0. The van der Waals surface area contributed by atoms with Crippen LogP contribution in [0.4, 0.5) is 0 Å². The van der Waals surface area contributed by atoms with Gasteiger partial charge in [0.15, 0.2) is 0 Å². The van der Waals surface area contributed by atoms with Crippen molar-refractivity contribution in [3.8, 4) is 6.07 Å². The number of aromatic nitrogens is 2. The lowest BCUT2D eigenvalue weighted by molar-refractivity contribution is 0.122. The molecule has 0 radical (unpaired) electrons. The van der Waals surface area contributed by atoms with Gasteiger partial charge in [-0.1, -0.05) is 32.9 Å². The van der Waals surface area contributed by atoms with Crippen LogP contribution in [0.5, 0.6) is 0 Å². The number of rotatable bonds is 5. The zero-order valence-electron chi connectivity index (χ0n) is 17.1. The van der Waals surface area contributed by atoms with Crippen LogP contribution >= 0.6 is 0 Å². The Morgan fingerprint density at radius 3 is 2.21 bits per heavy atom. The highest BCUT2D eigenvalue weighted by Gasteiger charge is 2.19. The zero-order chi connectivity index (χ0) is 20.1. The van der Waals surface area contributed by atoms with E-state index in [1.807, 2.05) is 30.3 Å². The van der Waals surface area contributed by atoms with E-state index in [1.165, 1.54) is 5.56 Å². The Bertz CT molecular complexity index is 881. The minimum absolute atomic E-state index is 0.0348. The van der Waals surface area contributed by atoms with E-state index in [2.05, 4.69) is 41.7 Å². The van der Waals surface area contributed by atoms with Crippen LogP contribution in [-0.4, -0.2) is 52.3 Å². The molecule has 1 fully saturated rings. The Morgan fingerprint density at radius 1 is 0.964 bits per heavy atom. The van der Waals surface area contributed by atoms with Gasteiger partial charge in [-0.05, 0) is 23.8 Å². The number of benzene rings is 1. The van der Waals surface area contributed by atoms with Gasteiger partial charge >= 0.3 is 0 Å². The number of nitrogens with zero attached hydrogens (tertiary/aromatic N) is 5. The van der Waals surface area contributed by atoms with E-state index in [9.17, 15) is 4.79 Å². The zero-order valence-corrected chi connectivity index (χ0v) is 17.1. The summed E-state index contributed by atoms with van der Waals surface area (Å²) in [6, 6.07) is 13.4. The molecule has 1 saturated heterocycles. The number of hydrogen-bond donors (Lipinski definition) is 0. The summed E-state index contributed by atoms with van der Waals surface area (Å²) in [7, 11) is 0. The molecule has 0 bridgehead atoms. The summed E-state index contributed by atoms with van der Waals surface area (Å²) in [4.78, 5) is 17.0. The Hall–Kier alpha value is -2.49. The maximum Gasteiger partial charge on any atom is 0.266 e. The third kappa shape index (κ3) is 5.28. The summed E-state index contributed by atoms with van der Waals surface area (Å²) in [5, 5.41) is 13.4. The second-order valence-electron chi connectivity index (χ2n) is 8.46. The molecule has 1 aliphatic heterocycles. The van der Waals surface area contributed by atoms with Gasteiger partial charge < -0.3 is 0 Å². The molecule has 148 valence electrons. The highest BCUT2D eigenvalue weighted by atomic mass is 16.1. The molecule has 0 unspecified atom stereocenters. The smallest absolute Gasteiger partial charge is 0.266 e. The molecule has 0 spiro atoms. The van der Waals surface area contributed by atoms with E-state index in [4.69, 9.17) is 5.26 Å². The van der Waals surface area contributed by atoms with E-state index < -0.39 is 0 Å². The molecule has 0 N–H and O–H groups in total. The molecular formula is C22H29N5O. The van der Waals surface area contributed by atoms with Gasteiger partial charge in [0.1, 0.15) is 0 Å². The predicted octanol–water partition coefficient (Wildman–Crippen LogP) is 2.23. The molecular weight excluding hydrogens is 350 g/mol. The monoisotopic (exact) mass is 379 g/mol. The minimum Gasteiger partial charge on any atom is -0.299 e. The summed E-state index contributed by atoms with van der Waals surface area (Å²) < 4.78 is 1.60. The van der Waals surface area contributed by atoms with E-state index in [0.717, 1.165) is 45.0 Å². The molecule has 28 heavy (non-hydrogen) atoms. The summed E-state index contributed by atoms with van der Waals surface area (Å²) in [5.74, 6) is 0. The van der Waals surface area contributed by atoms with Gasteiger partial charge in [-0.2, -0.15) is 10.4 Å². The summed E-state index contributed by atoms with van der Waals surface area (Å²) in [5.41, 5.74) is 2.79. The highest BCUT2D eigenvalue weighted by Crippen LogP contribution is 2.18. The first-order valence-electron chi connectivity index (χ1n) is 9.87. The fourth-order valence-electron chi connectivity index (χ4n) is 3.36. The van der Waals surface area contributed by atoms with Crippen LogP contribution in [0.15, 0.2) is 41.2 Å². The molecule has 0 aliphatic carbocycles. The fourth-order valence-corrected chi connectivity index (χ4v) is 3.36. The maximum atomic E-state index is 12.1. The van der Waals surface area contributed by atoms with Crippen molar-refractivity contribution in [2.45, 2.75) is 39.3 Å². The first kappa shape index (κ1) is 20.2. The average molecular weight is 380 g/mol. The third-order valence-corrected chi connectivity index (χ3v) is 5.22. The van der Waals surface area contributed by atoms with Crippen molar-refractivity contribution in [3.05, 3.63) is 63.6 Å². The first-order chi connectivity index (χ1) is 13.3. The van der Waals surface area contributed by atoms with Crippen LogP contribution in [0.1, 0.15) is 37.6 Å². The average Bonchev–Trinajstić information content (AvgIpc) is 2.68. The third-order valence-electron chi connectivity index (χ3n) is 5.22. The van der Waals surface area contributed by atoms with Gasteiger partial charge in [0, 0.05) is 50.7 Å². The quantitative estimate of drug-likeness (QED) is 0.797. The second-order valence-corrected chi connectivity index (χ2v) is 8.46. The Labute approximate surface area is 167 Å². The van der Waals surface area contributed by atoms with E-state index >= 15 is 0 Å². The molecule has 3 rings (SSSR count). The minimum atomic E-state index is -0.0630. The lowest BCUT2D eigenvalue weighted by Gasteiger charge is -2.34. The molecule has 0 amide bonds. The van der Waals surface area contributed by atoms with Crippen LogP contribution in [0.2, 0.25) is 0 Å². The summed E-state index contributed by atoms with van der Waals surface area (Å²) in [6.45, 7) is 12.7. The standard InChI is InChI=1S/C22H29N5O/c1-22(2,3)20-8-9-21(28)27(24-20)15-14-25-10-12-26(13-11-25)17-19-6-4-18(16-23)5-7-19/h4-9H,10-15,17H2,1-3H3. The van der Waals surface area contributed by atoms with Crippen molar-refractivity contribution in [2.75, 3.05) is 32.7 Å². The molecule has 2 heterocycles. The van der Waals surface area contributed by atoms with Crippen LogP contribution < -0.4 is 5.56 Å². The fraction of sp³-hybridized carbons (Fsp3) is 0.500. The van der Waals surface area contributed by atoms with Gasteiger partial charge in [-0.25, -0.2) is 4.68 Å². The maximum absolute atomic E-state index is 12.1. The van der Waals surface area contributed by atoms with Crippen LogP contribution in [0.25, 0.3) is 0 Å². The largest absolute Gasteiger partial charge is 0.299 e. The topological polar surface area (TPSA) is 65.2 Å². The van der Waals surface area contributed by atoms with Crippen molar-refractivity contribution in [2.24, 2.45) is 0 Å². The normalized spacial score (nSPS) is 16.1. The van der Waals surface area contributed by atoms with Gasteiger partial charge in [-0.3, -0.25) is 14.6 Å². The van der Waals surface area contributed by atoms with Crippen molar-refractivity contribution < 1.29 is 0 Å². The van der Waals surface area contributed by atoms with Crippen LogP contribution in [-0.2, 0) is 18.5 Å². The molecule has 6 heteroatoms. The number of hydrogen-bond acceptors (Lipinski definition) is 5. The van der Waals surface area contributed by atoms with Gasteiger partial charge in [-0.15, -0.1) is 0 Å². The molecule has 1 aromatic heterocycles. The van der Waals surface area contributed by atoms with Crippen molar-refractivity contribution in [1.82, 2.24) is 19.6 Å². The number of nitriles is 1. The van der Waals surface area contributed by atoms with Crippen molar-refractivity contribution in [3.63, 3.8) is 0 Å². The van der Waals surface area contributed by atoms with Crippen LogP contribution in [0.3, 0.4) is 0 Å². The Morgan fingerprint density at radius 2 is 1.61 bits per heavy atom. The number of piperazine rings is 1. The molecule has 6 nitrogen and oxygen atoms in total. The Kier molecular flexibility index (Phi) is 6.28. The molecule has 0 saturated carbocycles. The molecule has 1 aliphatic rings. The molecule has 0 atom stereocenters. The van der Waals surface area contributed by atoms with Gasteiger partial charge in [0.25, 0.3) is 5.56 Å².